The van der Waals surface area contributed by atoms with Crippen molar-refractivity contribution in [1.82, 2.24) is 0 Å². The second-order valence-corrected chi connectivity index (χ2v) is 1.32. The van der Waals surface area contributed by atoms with E-state index >= 15 is 0 Å². The molecule has 3 heteroatoms. The molecule has 0 aliphatic carbocycles. The third-order valence-corrected chi connectivity index (χ3v) is 0.525. The summed E-state index contributed by atoms with van der Waals surface area (Å²) >= 11 is 0. The van der Waals surface area contributed by atoms with Crippen molar-refractivity contribution in [2.45, 2.75) is 6.92 Å². The van der Waals surface area contributed by atoms with Gasteiger partial charge >= 0.3 is 0 Å². The van der Waals surface area contributed by atoms with Gasteiger partial charge in [0.25, 0.3) is 0 Å². The number of rotatable bonds is 2. The number of nitrogens with one attached hydrogen (secondary N) is 1. The molecular formula is C5H10N3+. The summed E-state index contributed by atoms with van der Waals surface area (Å²) in [5.74, 6) is 0. The Hall–Kier alpha value is -0.990. The largest absolute Gasteiger partial charge is 0.263 e. The van der Waals surface area contributed by atoms with Crippen LogP contribution >= 0.6 is 0 Å². The first kappa shape index (κ1) is 7.01. The predicted octanol–water partition coefficient (Wildman–Crippen LogP) is 1.22. The van der Waals surface area contributed by atoms with E-state index in [0.29, 0.717) is 0 Å². The standard InChI is InChI=1S/C5H10N3/c1-3-7-4-5-8(2)6/h3-6H,1-2H3/q+1/b5-4-,7-3?,8-6?. The van der Waals surface area contributed by atoms with Gasteiger partial charge in [-0.2, -0.15) is 0 Å². The molecule has 0 saturated heterocycles. The van der Waals surface area contributed by atoms with Crippen LogP contribution in [0.25, 0.3) is 0 Å². The van der Waals surface area contributed by atoms with Crippen molar-refractivity contribution >= 4 is 6.21 Å². The number of nitrogens with zero attached hydrogens (tertiary/aromatic N) is 2. The smallest absolute Gasteiger partial charge is 0.213 e. The predicted molar refractivity (Wildman–Crippen MR) is 32.2 cm³/mol. The van der Waals surface area contributed by atoms with Gasteiger partial charge in [-0.25, -0.2) is 0 Å². The summed E-state index contributed by atoms with van der Waals surface area (Å²) in [5, 5.41) is 0. The molecule has 0 aliphatic heterocycles. The van der Waals surface area contributed by atoms with Crippen molar-refractivity contribution in [3.63, 3.8) is 0 Å². The summed E-state index contributed by atoms with van der Waals surface area (Å²) in [7, 11) is 1.63. The second-order valence-electron chi connectivity index (χ2n) is 1.32. The molecule has 0 aromatic heterocycles. The molecule has 44 valence electrons. The first-order valence-corrected chi connectivity index (χ1v) is 2.36. The SMILES string of the molecule is CC=N/C=C\[N+](C)=N. The zero-order valence-corrected chi connectivity index (χ0v) is 5.13. The van der Waals surface area contributed by atoms with Crippen molar-refractivity contribution < 1.29 is 4.70 Å². The van der Waals surface area contributed by atoms with Crippen LogP contribution in [0.1, 0.15) is 6.92 Å². The van der Waals surface area contributed by atoms with Crippen LogP contribution in [0, 0.1) is 5.53 Å². The summed E-state index contributed by atoms with van der Waals surface area (Å²) in [6.07, 6.45) is 4.78. The Bertz CT molecular complexity index is 124. The molecule has 0 amide bonds. The lowest BCUT2D eigenvalue weighted by Gasteiger charge is -1.71. The monoisotopic (exact) mass is 112 g/mol. The van der Waals surface area contributed by atoms with Gasteiger partial charge in [-0.05, 0) is 6.92 Å². The highest BCUT2D eigenvalue weighted by molar-refractivity contribution is 5.53. The fourth-order valence-electron chi connectivity index (χ4n) is 0.225. The third kappa shape index (κ3) is 5.01. The zero-order chi connectivity index (χ0) is 6.41. The maximum absolute atomic E-state index is 6.83. The lowest BCUT2D eigenvalue weighted by Crippen LogP contribution is -1.83. The molecule has 0 aromatic rings. The highest BCUT2D eigenvalue weighted by Crippen LogP contribution is 1.71. The van der Waals surface area contributed by atoms with Gasteiger partial charge in [0.2, 0.25) is 6.20 Å². The topological polar surface area (TPSA) is 39.2 Å². The van der Waals surface area contributed by atoms with Crippen molar-refractivity contribution in [2.24, 2.45) is 4.99 Å². The average Bonchev–Trinajstić information content (AvgIpc) is 1.66. The Kier molecular flexibility index (Phi) is 3.66. The summed E-state index contributed by atoms with van der Waals surface area (Å²) in [5.41, 5.74) is 6.83. The number of hydrogen-bond acceptors (Lipinski definition) is 2. The Balaban J connectivity index is 3.50. The molecule has 0 unspecified atom stereocenters. The van der Waals surface area contributed by atoms with E-state index in [0.717, 1.165) is 0 Å². The lowest BCUT2D eigenvalue weighted by molar-refractivity contribution is -0.521. The average molecular weight is 112 g/mol. The molecule has 0 radical (unpaired) electrons. The fraction of sp³-hybridized carbons (Fsp3) is 0.400. The van der Waals surface area contributed by atoms with Gasteiger partial charge in [-0.3, -0.25) is 4.99 Å². The highest BCUT2D eigenvalue weighted by atomic mass is 15.1. The second kappa shape index (κ2) is 4.18. The molecule has 0 atom stereocenters. The molecule has 0 bridgehead atoms. The van der Waals surface area contributed by atoms with Crippen LogP contribution in [0.4, 0.5) is 0 Å². The van der Waals surface area contributed by atoms with E-state index in [1.807, 2.05) is 6.92 Å². The fourth-order valence-corrected chi connectivity index (χ4v) is 0.225. The van der Waals surface area contributed by atoms with Crippen molar-refractivity contribution in [3.05, 3.63) is 12.4 Å². The zero-order valence-electron chi connectivity index (χ0n) is 5.13. The van der Waals surface area contributed by atoms with Gasteiger partial charge in [0.1, 0.15) is 0 Å². The van der Waals surface area contributed by atoms with E-state index in [2.05, 4.69) is 4.99 Å². The van der Waals surface area contributed by atoms with Gasteiger partial charge in [0, 0.05) is 6.21 Å². The first-order chi connectivity index (χ1) is 3.77. The Morgan fingerprint density at radius 2 is 2.25 bits per heavy atom. The molecule has 0 heterocycles. The minimum atomic E-state index is 1.19. The Morgan fingerprint density at radius 1 is 1.62 bits per heavy atom. The van der Waals surface area contributed by atoms with Gasteiger partial charge in [0.05, 0.1) is 6.20 Å². The lowest BCUT2D eigenvalue weighted by atomic mass is 10.8. The van der Waals surface area contributed by atoms with Gasteiger partial charge in [-0.1, -0.05) is 10.2 Å². The van der Waals surface area contributed by atoms with E-state index in [1.54, 1.807) is 25.7 Å². The van der Waals surface area contributed by atoms with E-state index < -0.39 is 0 Å². The van der Waals surface area contributed by atoms with Crippen molar-refractivity contribution in [3.8, 4) is 0 Å². The maximum atomic E-state index is 6.83. The van der Waals surface area contributed by atoms with Gasteiger partial charge < -0.3 is 0 Å². The summed E-state index contributed by atoms with van der Waals surface area (Å²) in [6, 6.07) is 0. The normalized spacial score (nSPS) is 11.2. The van der Waals surface area contributed by atoms with Crippen LogP contribution in [-0.4, -0.2) is 18.0 Å². The summed E-state index contributed by atoms with van der Waals surface area (Å²) < 4.78 is 1.19. The quantitative estimate of drug-likeness (QED) is 0.317. The molecule has 0 fully saturated rings. The van der Waals surface area contributed by atoms with E-state index in [9.17, 15) is 0 Å². The van der Waals surface area contributed by atoms with Crippen LogP contribution in [0.2, 0.25) is 0 Å². The minimum absolute atomic E-state index is 1.19. The van der Waals surface area contributed by atoms with Crippen LogP contribution < -0.4 is 0 Å². The van der Waals surface area contributed by atoms with Crippen LogP contribution in [0.15, 0.2) is 17.4 Å². The molecule has 0 rings (SSSR count). The third-order valence-electron chi connectivity index (χ3n) is 0.525. The molecule has 1 N–H and O–H groups in total. The Morgan fingerprint density at radius 3 is 2.62 bits per heavy atom. The molecule has 0 aliphatic rings. The highest BCUT2D eigenvalue weighted by Gasteiger charge is 1.76. The summed E-state index contributed by atoms with van der Waals surface area (Å²) in [4.78, 5) is 3.74. The summed E-state index contributed by atoms with van der Waals surface area (Å²) in [6.45, 7) is 1.83. The van der Waals surface area contributed by atoms with E-state index in [-0.39, 0.29) is 0 Å². The van der Waals surface area contributed by atoms with Crippen LogP contribution in [0.3, 0.4) is 0 Å². The number of hydrogen-bond donors (Lipinski definition) is 1. The van der Waals surface area contributed by atoms with Gasteiger partial charge in [-0.15, -0.1) is 0 Å². The first-order valence-electron chi connectivity index (χ1n) is 2.36. The van der Waals surface area contributed by atoms with E-state index in [1.165, 1.54) is 4.70 Å². The maximum Gasteiger partial charge on any atom is 0.213 e. The van der Waals surface area contributed by atoms with E-state index in [4.69, 9.17) is 5.53 Å². The van der Waals surface area contributed by atoms with Gasteiger partial charge in [0.15, 0.2) is 7.05 Å². The van der Waals surface area contributed by atoms with Crippen molar-refractivity contribution in [2.75, 3.05) is 7.05 Å². The molecule has 8 heavy (non-hydrogen) atoms. The number of aliphatic imine (C=N–C) groups is 1. The molecular weight excluding hydrogens is 102 g/mol. The van der Waals surface area contributed by atoms with Crippen molar-refractivity contribution in [1.29, 1.82) is 5.53 Å². The van der Waals surface area contributed by atoms with Crippen LogP contribution in [0.5, 0.6) is 0 Å². The molecule has 0 saturated carbocycles. The Labute approximate surface area is 48.9 Å². The molecule has 0 spiro atoms. The molecule has 3 nitrogen and oxygen atoms in total. The van der Waals surface area contributed by atoms with Crippen LogP contribution in [-0.2, 0) is 0 Å². The minimum Gasteiger partial charge on any atom is -0.263 e. The molecule has 0 aromatic carbocycles.